The molecule has 2 amide bonds. The number of aryl methyl sites for hydroxylation is 1. The zero-order valence-corrected chi connectivity index (χ0v) is 17.6. The standard InChI is InChI=1S/C20H25N3O5S/c1-5-21-19(24)14(3)22-20(25)15-11-10-13(2)18(12-15)29(26,27)23-16-8-6-7-9-17(16)28-4/h6-12,14,23H,5H2,1-4H3,(H,21,24)(H,22,25)/t14-/m0/s1. The first-order chi connectivity index (χ1) is 13.7. The van der Waals surface area contributed by atoms with Gasteiger partial charge in [0.25, 0.3) is 15.9 Å². The number of hydrogen-bond acceptors (Lipinski definition) is 5. The number of amides is 2. The Bertz CT molecular complexity index is 1000. The van der Waals surface area contributed by atoms with E-state index < -0.39 is 22.0 Å². The van der Waals surface area contributed by atoms with E-state index in [4.69, 9.17) is 4.74 Å². The molecule has 0 saturated heterocycles. The monoisotopic (exact) mass is 419 g/mol. The van der Waals surface area contributed by atoms with Gasteiger partial charge in [0.15, 0.2) is 0 Å². The Morgan fingerprint density at radius 2 is 1.83 bits per heavy atom. The van der Waals surface area contributed by atoms with Gasteiger partial charge in [0.05, 0.1) is 17.7 Å². The lowest BCUT2D eigenvalue weighted by atomic mass is 10.1. The van der Waals surface area contributed by atoms with E-state index in [2.05, 4.69) is 15.4 Å². The molecule has 0 spiro atoms. The largest absolute Gasteiger partial charge is 0.495 e. The molecule has 2 aromatic carbocycles. The number of rotatable bonds is 8. The van der Waals surface area contributed by atoms with Crippen molar-refractivity contribution in [2.75, 3.05) is 18.4 Å². The maximum absolute atomic E-state index is 12.9. The summed E-state index contributed by atoms with van der Waals surface area (Å²) in [5.41, 5.74) is 0.891. The fraction of sp³-hybridized carbons (Fsp3) is 0.300. The Hall–Kier alpha value is -3.07. The van der Waals surface area contributed by atoms with Crippen molar-refractivity contribution in [2.24, 2.45) is 0 Å². The molecule has 0 heterocycles. The third-order valence-corrected chi connectivity index (χ3v) is 5.69. The van der Waals surface area contributed by atoms with Crippen molar-refractivity contribution in [1.29, 1.82) is 0 Å². The lowest BCUT2D eigenvalue weighted by molar-refractivity contribution is -0.122. The molecule has 0 fully saturated rings. The number of hydrogen-bond donors (Lipinski definition) is 3. The number of para-hydroxylation sites is 2. The van der Waals surface area contributed by atoms with Crippen molar-refractivity contribution in [2.45, 2.75) is 31.7 Å². The van der Waals surface area contributed by atoms with Gasteiger partial charge in [-0.05, 0) is 50.6 Å². The molecular weight excluding hydrogens is 394 g/mol. The Kier molecular flexibility index (Phi) is 7.22. The SMILES string of the molecule is CCNC(=O)[C@H](C)NC(=O)c1ccc(C)c(S(=O)(=O)Nc2ccccc2OC)c1. The van der Waals surface area contributed by atoms with Gasteiger partial charge in [-0.2, -0.15) is 0 Å². The average molecular weight is 420 g/mol. The maximum Gasteiger partial charge on any atom is 0.262 e. The van der Waals surface area contributed by atoms with Gasteiger partial charge in [-0.1, -0.05) is 18.2 Å². The topological polar surface area (TPSA) is 114 Å². The first kappa shape index (κ1) is 22.2. The van der Waals surface area contributed by atoms with E-state index in [0.29, 0.717) is 17.9 Å². The predicted molar refractivity (Wildman–Crippen MR) is 111 cm³/mol. The summed E-state index contributed by atoms with van der Waals surface area (Å²) in [5.74, 6) is -0.491. The van der Waals surface area contributed by atoms with Crippen LogP contribution in [-0.2, 0) is 14.8 Å². The maximum atomic E-state index is 12.9. The van der Waals surface area contributed by atoms with Crippen molar-refractivity contribution < 1.29 is 22.7 Å². The van der Waals surface area contributed by atoms with Gasteiger partial charge >= 0.3 is 0 Å². The summed E-state index contributed by atoms with van der Waals surface area (Å²) in [6.07, 6.45) is 0. The molecule has 2 aromatic rings. The highest BCUT2D eigenvalue weighted by Crippen LogP contribution is 2.27. The Balaban J connectivity index is 2.30. The Morgan fingerprint density at radius 1 is 1.14 bits per heavy atom. The van der Waals surface area contributed by atoms with Crippen LogP contribution >= 0.6 is 0 Å². The molecule has 9 heteroatoms. The molecule has 3 N–H and O–H groups in total. The predicted octanol–water partition coefficient (Wildman–Crippen LogP) is 2.06. The first-order valence-corrected chi connectivity index (χ1v) is 10.5. The molecule has 0 aliphatic heterocycles. The summed E-state index contributed by atoms with van der Waals surface area (Å²) in [6, 6.07) is 10.2. The molecular formula is C20H25N3O5S. The number of ether oxygens (including phenoxy) is 1. The smallest absolute Gasteiger partial charge is 0.262 e. The number of likely N-dealkylation sites (N-methyl/N-ethyl adjacent to an activating group) is 1. The fourth-order valence-corrected chi connectivity index (χ4v) is 3.97. The van der Waals surface area contributed by atoms with Crippen LogP contribution in [0.4, 0.5) is 5.69 Å². The third kappa shape index (κ3) is 5.47. The van der Waals surface area contributed by atoms with Gasteiger partial charge in [0.1, 0.15) is 11.8 Å². The van der Waals surface area contributed by atoms with Crippen molar-refractivity contribution in [3.05, 3.63) is 53.6 Å². The molecule has 156 valence electrons. The Labute approximate surface area is 170 Å². The van der Waals surface area contributed by atoms with E-state index in [1.54, 1.807) is 51.1 Å². The molecule has 0 saturated carbocycles. The van der Waals surface area contributed by atoms with Gasteiger partial charge in [0, 0.05) is 12.1 Å². The van der Waals surface area contributed by atoms with E-state index in [0.717, 1.165) is 0 Å². The van der Waals surface area contributed by atoms with Gasteiger partial charge in [-0.25, -0.2) is 8.42 Å². The molecule has 29 heavy (non-hydrogen) atoms. The van der Waals surface area contributed by atoms with E-state index in [9.17, 15) is 18.0 Å². The molecule has 8 nitrogen and oxygen atoms in total. The van der Waals surface area contributed by atoms with Crippen molar-refractivity contribution >= 4 is 27.5 Å². The molecule has 0 bridgehead atoms. The zero-order chi connectivity index (χ0) is 21.6. The second kappa shape index (κ2) is 9.42. The van der Waals surface area contributed by atoms with Gasteiger partial charge < -0.3 is 15.4 Å². The number of sulfonamides is 1. The van der Waals surface area contributed by atoms with Crippen LogP contribution in [0.1, 0.15) is 29.8 Å². The highest BCUT2D eigenvalue weighted by atomic mass is 32.2. The molecule has 0 radical (unpaired) electrons. The minimum atomic E-state index is -3.98. The van der Waals surface area contributed by atoms with Crippen LogP contribution < -0.4 is 20.1 Å². The minimum Gasteiger partial charge on any atom is -0.495 e. The first-order valence-electron chi connectivity index (χ1n) is 9.04. The number of benzene rings is 2. The van der Waals surface area contributed by atoms with Crippen LogP contribution in [0.25, 0.3) is 0 Å². The van der Waals surface area contributed by atoms with Gasteiger partial charge in [-0.3, -0.25) is 14.3 Å². The Morgan fingerprint density at radius 3 is 2.48 bits per heavy atom. The summed E-state index contributed by atoms with van der Waals surface area (Å²) in [5, 5.41) is 5.17. The second-order valence-corrected chi connectivity index (χ2v) is 8.03. The third-order valence-electron chi connectivity index (χ3n) is 4.18. The van der Waals surface area contributed by atoms with Crippen LogP contribution in [0, 0.1) is 6.92 Å². The van der Waals surface area contributed by atoms with Gasteiger partial charge in [0.2, 0.25) is 5.91 Å². The molecule has 0 aliphatic carbocycles. The molecule has 0 unspecified atom stereocenters. The van der Waals surface area contributed by atoms with Crippen LogP contribution in [0.3, 0.4) is 0 Å². The van der Waals surface area contributed by atoms with Crippen molar-refractivity contribution in [3.8, 4) is 5.75 Å². The van der Waals surface area contributed by atoms with Gasteiger partial charge in [-0.15, -0.1) is 0 Å². The number of methoxy groups -OCH3 is 1. The normalized spacial score (nSPS) is 12.0. The molecule has 1 atom stereocenters. The minimum absolute atomic E-state index is 0.0401. The zero-order valence-electron chi connectivity index (χ0n) is 16.8. The number of anilines is 1. The highest BCUT2D eigenvalue weighted by Gasteiger charge is 2.22. The fourth-order valence-electron chi connectivity index (χ4n) is 2.63. The molecule has 0 aromatic heterocycles. The van der Waals surface area contributed by atoms with Crippen LogP contribution in [-0.4, -0.2) is 39.9 Å². The molecule has 2 rings (SSSR count). The summed E-state index contributed by atoms with van der Waals surface area (Å²) in [6.45, 7) is 5.41. The van der Waals surface area contributed by atoms with Crippen molar-refractivity contribution in [3.63, 3.8) is 0 Å². The number of nitrogens with one attached hydrogen (secondary N) is 3. The summed E-state index contributed by atoms with van der Waals surface area (Å²) >= 11 is 0. The second-order valence-electron chi connectivity index (χ2n) is 6.38. The summed E-state index contributed by atoms with van der Waals surface area (Å²) < 4.78 is 33.5. The summed E-state index contributed by atoms with van der Waals surface area (Å²) in [4.78, 5) is 24.3. The number of carbonyl (C=O) groups excluding carboxylic acids is 2. The van der Waals surface area contributed by atoms with E-state index in [-0.39, 0.29) is 22.1 Å². The van der Waals surface area contributed by atoms with Crippen LogP contribution in [0.2, 0.25) is 0 Å². The highest BCUT2D eigenvalue weighted by molar-refractivity contribution is 7.92. The van der Waals surface area contributed by atoms with Crippen molar-refractivity contribution in [1.82, 2.24) is 10.6 Å². The lowest BCUT2D eigenvalue weighted by Gasteiger charge is -2.16. The number of carbonyl (C=O) groups is 2. The lowest BCUT2D eigenvalue weighted by Crippen LogP contribution is -2.44. The quantitative estimate of drug-likeness (QED) is 0.606. The van der Waals surface area contributed by atoms with Crippen LogP contribution in [0.15, 0.2) is 47.4 Å². The van der Waals surface area contributed by atoms with E-state index >= 15 is 0 Å². The van der Waals surface area contributed by atoms with E-state index in [1.165, 1.54) is 19.2 Å². The summed E-state index contributed by atoms with van der Waals surface area (Å²) in [7, 11) is -2.53. The van der Waals surface area contributed by atoms with E-state index in [1.807, 2.05) is 0 Å². The molecule has 0 aliphatic rings. The van der Waals surface area contributed by atoms with Crippen LogP contribution in [0.5, 0.6) is 5.75 Å². The average Bonchev–Trinajstić information content (AvgIpc) is 2.68.